The quantitative estimate of drug-likeness (QED) is 0.557. The summed E-state index contributed by atoms with van der Waals surface area (Å²) in [6.07, 6.45) is 0. The lowest BCUT2D eigenvalue weighted by Crippen LogP contribution is -2.13. The van der Waals surface area contributed by atoms with Gasteiger partial charge in [-0.1, -0.05) is 0 Å². The van der Waals surface area contributed by atoms with Crippen LogP contribution in [0.3, 0.4) is 0 Å². The van der Waals surface area contributed by atoms with Crippen molar-refractivity contribution < 1.29 is 9.85 Å². The van der Waals surface area contributed by atoms with Crippen LogP contribution in [-0.4, -0.2) is 21.9 Å². The number of nitrogens with zero attached hydrogens (tertiary/aromatic N) is 6. The molecule has 10 nitrogen and oxygen atoms in total. The molecule has 2 heterocycles. The first-order valence-corrected chi connectivity index (χ1v) is 5.02. The average molecular weight is 252 g/mol. The SMILES string of the molecule is C[C@H]1N=NC(C2=C([N+](=O)[O-])[C@@H](C)N=N2)=C1[N+](=O)[O-]. The van der Waals surface area contributed by atoms with Gasteiger partial charge in [-0.2, -0.15) is 10.2 Å². The van der Waals surface area contributed by atoms with E-state index in [0.29, 0.717) is 0 Å². The molecule has 2 aliphatic rings. The molecule has 0 saturated carbocycles. The van der Waals surface area contributed by atoms with E-state index in [0.717, 1.165) is 0 Å². The number of nitro groups is 2. The Bertz CT molecular complexity index is 510. The standard InChI is InChI=1S/C8H8N6O4/c1-3-7(13(15)16)5(11-9-3)6-8(14(17)18)4(2)10-12-6/h3-4H,1-2H3/t3-,4-/m1/s1. The molecule has 0 saturated heterocycles. The van der Waals surface area contributed by atoms with Gasteiger partial charge in [-0.05, 0) is 13.8 Å². The Hall–Kier alpha value is -2.52. The van der Waals surface area contributed by atoms with E-state index in [1.54, 1.807) is 0 Å². The van der Waals surface area contributed by atoms with Gasteiger partial charge in [0.05, 0.1) is 9.85 Å². The second-order valence-corrected chi connectivity index (χ2v) is 3.76. The van der Waals surface area contributed by atoms with Crippen molar-refractivity contribution in [1.82, 2.24) is 0 Å². The van der Waals surface area contributed by atoms with Crippen LogP contribution in [0.2, 0.25) is 0 Å². The summed E-state index contributed by atoms with van der Waals surface area (Å²) in [5, 5.41) is 36.3. The second kappa shape index (κ2) is 4.05. The lowest BCUT2D eigenvalue weighted by atomic mass is 10.1. The molecule has 2 rings (SSSR count). The Kier molecular flexibility index (Phi) is 2.69. The van der Waals surface area contributed by atoms with Gasteiger partial charge in [-0.3, -0.25) is 20.2 Å². The maximum absolute atomic E-state index is 10.9. The number of azo groups is 2. The van der Waals surface area contributed by atoms with Crippen LogP contribution in [0.25, 0.3) is 0 Å². The van der Waals surface area contributed by atoms with Crippen LogP contribution in [0, 0.1) is 20.2 Å². The third-order valence-electron chi connectivity index (χ3n) is 2.56. The maximum atomic E-state index is 10.9. The zero-order chi connectivity index (χ0) is 13.4. The Labute approximate surface area is 100 Å². The number of rotatable bonds is 3. The third-order valence-corrected chi connectivity index (χ3v) is 2.56. The molecule has 0 fully saturated rings. The minimum Gasteiger partial charge on any atom is -0.258 e. The van der Waals surface area contributed by atoms with E-state index in [1.807, 2.05) is 0 Å². The fourth-order valence-electron chi connectivity index (χ4n) is 1.71. The van der Waals surface area contributed by atoms with Crippen LogP contribution in [-0.2, 0) is 0 Å². The van der Waals surface area contributed by atoms with Crippen LogP contribution in [0.4, 0.5) is 0 Å². The lowest BCUT2D eigenvalue weighted by molar-refractivity contribution is -0.432. The van der Waals surface area contributed by atoms with Crippen LogP contribution in [0.1, 0.15) is 13.8 Å². The number of hydrogen-bond donors (Lipinski definition) is 0. The third kappa shape index (κ3) is 1.67. The smallest absolute Gasteiger partial charge is 0.258 e. The van der Waals surface area contributed by atoms with Crippen molar-refractivity contribution in [3.05, 3.63) is 43.0 Å². The van der Waals surface area contributed by atoms with Gasteiger partial charge in [0, 0.05) is 0 Å². The van der Waals surface area contributed by atoms with Gasteiger partial charge in [0.1, 0.15) is 0 Å². The fraction of sp³-hybridized carbons (Fsp3) is 0.500. The monoisotopic (exact) mass is 252 g/mol. The van der Waals surface area contributed by atoms with Crippen molar-refractivity contribution in [1.29, 1.82) is 0 Å². The maximum Gasteiger partial charge on any atom is 0.301 e. The Morgan fingerprint density at radius 3 is 1.50 bits per heavy atom. The average Bonchev–Trinajstić information content (AvgIpc) is 2.81. The fourth-order valence-corrected chi connectivity index (χ4v) is 1.71. The summed E-state index contributed by atoms with van der Waals surface area (Å²) in [6.45, 7) is 2.97. The molecule has 18 heavy (non-hydrogen) atoms. The molecule has 0 amide bonds. The van der Waals surface area contributed by atoms with E-state index in [9.17, 15) is 20.2 Å². The Morgan fingerprint density at radius 1 is 0.889 bits per heavy atom. The minimum absolute atomic E-state index is 0.174. The van der Waals surface area contributed by atoms with Gasteiger partial charge < -0.3 is 0 Å². The van der Waals surface area contributed by atoms with Crippen molar-refractivity contribution in [3.63, 3.8) is 0 Å². The van der Waals surface area contributed by atoms with Crippen LogP contribution in [0.5, 0.6) is 0 Å². The van der Waals surface area contributed by atoms with Crippen molar-refractivity contribution in [2.45, 2.75) is 25.9 Å². The van der Waals surface area contributed by atoms with Gasteiger partial charge in [0.15, 0.2) is 23.5 Å². The largest absolute Gasteiger partial charge is 0.301 e. The summed E-state index contributed by atoms with van der Waals surface area (Å²) in [6, 6.07) is -1.50. The van der Waals surface area contributed by atoms with Crippen molar-refractivity contribution in [3.8, 4) is 0 Å². The normalized spacial score (nSPS) is 26.3. The molecule has 0 radical (unpaired) electrons. The van der Waals surface area contributed by atoms with Gasteiger partial charge in [-0.15, -0.1) is 10.2 Å². The molecule has 0 bridgehead atoms. The molecule has 0 unspecified atom stereocenters. The van der Waals surface area contributed by atoms with E-state index in [-0.39, 0.29) is 22.8 Å². The first-order chi connectivity index (χ1) is 8.43. The van der Waals surface area contributed by atoms with Crippen LogP contribution >= 0.6 is 0 Å². The molecule has 94 valence electrons. The second-order valence-electron chi connectivity index (χ2n) is 3.76. The molecule has 0 spiro atoms. The first-order valence-electron chi connectivity index (χ1n) is 5.02. The first kappa shape index (κ1) is 12.0. The zero-order valence-electron chi connectivity index (χ0n) is 9.47. The van der Waals surface area contributed by atoms with Gasteiger partial charge in [-0.25, -0.2) is 0 Å². The van der Waals surface area contributed by atoms with Gasteiger partial charge in [0.25, 0.3) is 0 Å². The summed E-state index contributed by atoms with van der Waals surface area (Å²) in [5.74, 6) is 0. The van der Waals surface area contributed by atoms with E-state index < -0.39 is 21.9 Å². The molecule has 0 aromatic carbocycles. The zero-order valence-corrected chi connectivity index (χ0v) is 9.47. The highest BCUT2D eigenvalue weighted by Crippen LogP contribution is 2.34. The highest BCUT2D eigenvalue weighted by atomic mass is 16.6. The van der Waals surface area contributed by atoms with E-state index in [2.05, 4.69) is 20.5 Å². The van der Waals surface area contributed by atoms with Gasteiger partial charge in [0.2, 0.25) is 0 Å². The highest BCUT2D eigenvalue weighted by Gasteiger charge is 2.41. The molecule has 0 aliphatic carbocycles. The minimum atomic E-state index is -0.749. The summed E-state index contributed by atoms with van der Waals surface area (Å²) < 4.78 is 0. The predicted molar refractivity (Wildman–Crippen MR) is 56.7 cm³/mol. The highest BCUT2D eigenvalue weighted by molar-refractivity contribution is 5.39. The summed E-state index contributed by atoms with van der Waals surface area (Å²) in [4.78, 5) is 20.5. The van der Waals surface area contributed by atoms with Gasteiger partial charge >= 0.3 is 11.4 Å². The summed E-state index contributed by atoms with van der Waals surface area (Å²) >= 11 is 0. The molecular weight excluding hydrogens is 244 g/mol. The Morgan fingerprint density at radius 2 is 1.22 bits per heavy atom. The lowest BCUT2D eigenvalue weighted by Gasteiger charge is -1.99. The van der Waals surface area contributed by atoms with Crippen LogP contribution < -0.4 is 0 Å². The summed E-state index contributed by atoms with van der Waals surface area (Å²) in [5.41, 5.74) is -0.936. The molecule has 2 atom stereocenters. The molecule has 10 heteroatoms. The predicted octanol–water partition coefficient (Wildman–Crippen LogP) is 1.67. The van der Waals surface area contributed by atoms with Crippen molar-refractivity contribution in [2.75, 3.05) is 0 Å². The molecular formula is C8H8N6O4. The van der Waals surface area contributed by atoms with E-state index in [1.165, 1.54) is 13.8 Å². The van der Waals surface area contributed by atoms with E-state index >= 15 is 0 Å². The van der Waals surface area contributed by atoms with Crippen LogP contribution in [0.15, 0.2) is 43.2 Å². The summed E-state index contributed by atoms with van der Waals surface area (Å²) in [7, 11) is 0. The van der Waals surface area contributed by atoms with Crippen molar-refractivity contribution >= 4 is 0 Å². The number of hydrogen-bond acceptors (Lipinski definition) is 8. The molecule has 2 aliphatic heterocycles. The topological polar surface area (TPSA) is 136 Å². The van der Waals surface area contributed by atoms with E-state index in [4.69, 9.17) is 0 Å². The molecule has 0 N–H and O–H groups in total. The molecule has 0 aromatic rings. The van der Waals surface area contributed by atoms with Crippen molar-refractivity contribution in [2.24, 2.45) is 20.5 Å². The molecule has 0 aromatic heterocycles. The Balaban J connectivity index is 2.61.